The number of nitrogens with zero attached hydrogens (tertiary/aromatic N) is 2. The number of hydrogen-bond acceptors (Lipinski definition) is 2. The average Bonchev–Trinajstić information content (AvgIpc) is 2.62. The van der Waals surface area contributed by atoms with Gasteiger partial charge >= 0.3 is 0 Å². The maximum absolute atomic E-state index is 12.5. The van der Waals surface area contributed by atoms with Gasteiger partial charge in [0.25, 0.3) is 5.91 Å². The molecule has 0 N–H and O–H groups in total. The van der Waals surface area contributed by atoms with Gasteiger partial charge in [-0.15, -0.1) is 0 Å². The summed E-state index contributed by atoms with van der Waals surface area (Å²) in [5.41, 5.74) is 2.14. The lowest BCUT2D eigenvalue weighted by atomic mass is 9.84. The molecule has 0 spiro atoms. The van der Waals surface area contributed by atoms with Gasteiger partial charge in [-0.2, -0.15) is 0 Å². The second-order valence-electron chi connectivity index (χ2n) is 6.39. The quantitative estimate of drug-likeness (QED) is 0.805. The lowest BCUT2D eigenvalue weighted by Crippen LogP contribution is -2.48. The molecule has 1 aromatic rings. The molecular weight excluding hydrogens is 276 g/mol. The van der Waals surface area contributed by atoms with Gasteiger partial charge in [-0.3, -0.25) is 9.59 Å². The summed E-state index contributed by atoms with van der Waals surface area (Å²) in [7, 11) is 0. The van der Waals surface area contributed by atoms with E-state index in [-0.39, 0.29) is 5.91 Å². The third-order valence-corrected chi connectivity index (χ3v) is 4.98. The Morgan fingerprint density at radius 1 is 0.955 bits per heavy atom. The van der Waals surface area contributed by atoms with Crippen LogP contribution < -0.4 is 0 Å². The van der Waals surface area contributed by atoms with Gasteiger partial charge in [0.15, 0.2) is 0 Å². The molecule has 1 saturated heterocycles. The number of benzene rings is 1. The number of carbonyl (C=O) groups is 2. The van der Waals surface area contributed by atoms with Crippen LogP contribution in [0, 0.1) is 0 Å². The van der Waals surface area contributed by atoms with Crippen molar-refractivity contribution in [3.05, 3.63) is 35.4 Å². The van der Waals surface area contributed by atoms with E-state index >= 15 is 0 Å². The van der Waals surface area contributed by atoms with Crippen molar-refractivity contribution >= 4 is 12.3 Å². The fraction of sp³-hybridized carbons (Fsp3) is 0.556. The number of hydrogen-bond donors (Lipinski definition) is 0. The first kappa shape index (κ1) is 15.1. The Morgan fingerprint density at radius 2 is 1.59 bits per heavy atom. The molecule has 2 aliphatic rings. The molecule has 1 aliphatic carbocycles. The third kappa shape index (κ3) is 3.32. The Labute approximate surface area is 132 Å². The van der Waals surface area contributed by atoms with Gasteiger partial charge in [0.05, 0.1) is 0 Å². The number of rotatable bonds is 3. The minimum Gasteiger partial charge on any atom is -0.342 e. The molecule has 0 bridgehead atoms. The van der Waals surface area contributed by atoms with E-state index in [0.29, 0.717) is 32.1 Å². The summed E-state index contributed by atoms with van der Waals surface area (Å²) in [6.07, 6.45) is 7.43. The zero-order valence-electron chi connectivity index (χ0n) is 13.0. The van der Waals surface area contributed by atoms with Crippen LogP contribution in [0.1, 0.15) is 53.9 Å². The normalized spacial score (nSPS) is 20.0. The fourth-order valence-corrected chi connectivity index (χ4v) is 3.55. The molecular formula is C18H24N2O2. The van der Waals surface area contributed by atoms with Crippen molar-refractivity contribution in [1.29, 1.82) is 0 Å². The van der Waals surface area contributed by atoms with Crippen LogP contribution in [-0.4, -0.2) is 48.3 Å². The van der Waals surface area contributed by atoms with Gasteiger partial charge in [0.1, 0.15) is 0 Å². The van der Waals surface area contributed by atoms with Crippen molar-refractivity contribution in [3.8, 4) is 0 Å². The second kappa shape index (κ2) is 6.95. The highest BCUT2D eigenvalue weighted by Gasteiger charge is 2.22. The summed E-state index contributed by atoms with van der Waals surface area (Å²) in [4.78, 5) is 26.8. The van der Waals surface area contributed by atoms with Gasteiger partial charge < -0.3 is 9.80 Å². The molecule has 1 heterocycles. The standard InChI is InChI=1S/C18H24N2O2/c21-14-19-10-12-20(13-11-19)18(22)17-8-6-16(7-9-17)15-4-2-1-3-5-15/h6-9,14-15H,1-5,10-13H2. The highest BCUT2D eigenvalue weighted by atomic mass is 16.2. The van der Waals surface area contributed by atoms with Crippen LogP contribution in [0.5, 0.6) is 0 Å². The van der Waals surface area contributed by atoms with E-state index in [1.807, 2.05) is 17.0 Å². The molecule has 2 fully saturated rings. The van der Waals surface area contributed by atoms with Crippen molar-refractivity contribution in [2.75, 3.05) is 26.2 Å². The molecule has 1 saturated carbocycles. The second-order valence-corrected chi connectivity index (χ2v) is 6.39. The molecule has 1 aromatic carbocycles. The number of carbonyl (C=O) groups excluding carboxylic acids is 2. The molecule has 22 heavy (non-hydrogen) atoms. The van der Waals surface area contributed by atoms with Crippen LogP contribution in [0.3, 0.4) is 0 Å². The Balaban J connectivity index is 1.62. The summed E-state index contributed by atoms with van der Waals surface area (Å²) < 4.78 is 0. The summed E-state index contributed by atoms with van der Waals surface area (Å²) in [5, 5.41) is 0. The predicted octanol–water partition coefficient (Wildman–Crippen LogP) is 2.65. The molecule has 118 valence electrons. The van der Waals surface area contributed by atoms with Crippen molar-refractivity contribution in [1.82, 2.24) is 9.80 Å². The summed E-state index contributed by atoms with van der Waals surface area (Å²) in [5.74, 6) is 0.759. The predicted molar refractivity (Wildman–Crippen MR) is 85.8 cm³/mol. The van der Waals surface area contributed by atoms with E-state index in [9.17, 15) is 9.59 Å². The van der Waals surface area contributed by atoms with E-state index < -0.39 is 0 Å². The summed E-state index contributed by atoms with van der Waals surface area (Å²) >= 11 is 0. The first-order valence-corrected chi connectivity index (χ1v) is 8.36. The van der Waals surface area contributed by atoms with Crippen molar-refractivity contribution in [3.63, 3.8) is 0 Å². The molecule has 3 rings (SSSR count). The van der Waals surface area contributed by atoms with E-state index in [2.05, 4.69) is 12.1 Å². The topological polar surface area (TPSA) is 40.6 Å². The minimum absolute atomic E-state index is 0.0840. The largest absolute Gasteiger partial charge is 0.342 e. The van der Waals surface area contributed by atoms with Crippen LogP contribution in [0.15, 0.2) is 24.3 Å². The van der Waals surface area contributed by atoms with Crippen molar-refractivity contribution < 1.29 is 9.59 Å². The van der Waals surface area contributed by atoms with Crippen LogP contribution in [-0.2, 0) is 4.79 Å². The molecule has 4 heteroatoms. The lowest BCUT2D eigenvalue weighted by molar-refractivity contribution is -0.119. The van der Waals surface area contributed by atoms with Crippen LogP contribution >= 0.6 is 0 Å². The van der Waals surface area contributed by atoms with Gasteiger partial charge in [0.2, 0.25) is 6.41 Å². The van der Waals surface area contributed by atoms with E-state index in [1.54, 1.807) is 4.90 Å². The average molecular weight is 300 g/mol. The Kier molecular flexibility index (Phi) is 4.76. The minimum atomic E-state index is 0.0840. The number of piperazine rings is 1. The van der Waals surface area contributed by atoms with Gasteiger partial charge in [-0.25, -0.2) is 0 Å². The molecule has 0 radical (unpaired) electrons. The maximum Gasteiger partial charge on any atom is 0.253 e. The highest BCUT2D eigenvalue weighted by Crippen LogP contribution is 2.32. The maximum atomic E-state index is 12.5. The lowest BCUT2D eigenvalue weighted by Gasteiger charge is -2.32. The SMILES string of the molecule is O=CN1CCN(C(=O)c2ccc(C3CCCCC3)cc2)CC1. The van der Waals surface area contributed by atoms with Gasteiger partial charge in [-0.1, -0.05) is 31.4 Å². The summed E-state index contributed by atoms with van der Waals surface area (Å²) in [6, 6.07) is 8.20. The van der Waals surface area contributed by atoms with Crippen molar-refractivity contribution in [2.45, 2.75) is 38.0 Å². The van der Waals surface area contributed by atoms with E-state index in [0.717, 1.165) is 12.0 Å². The third-order valence-electron chi connectivity index (χ3n) is 4.98. The summed E-state index contributed by atoms with van der Waals surface area (Å²) in [6.45, 7) is 2.52. The zero-order valence-corrected chi connectivity index (χ0v) is 13.0. The van der Waals surface area contributed by atoms with E-state index in [4.69, 9.17) is 0 Å². The molecule has 0 atom stereocenters. The smallest absolute Gasteiger partial charge is 0.253 e. The van der Waals surface area contributed by atoms with Crippen LogP contribution in [0.25, 0.3) is 0 Å². The van der Waals surface area contributed by atoms with Crippen LogP contribution in [0.4, 0.5) is 0 Å². The fourth-order valence-electron chi connectivity index (χ4n) is 3.55. The molecule has 2 amide bonds. The van der Waals surface area contributed by atoms with Crippen LogP contribution in [0.2, 0.25) is 0 Å². The number of amides is 2. The molecule has 0 unspecified atom stereocenters. The Bertz CT molecular complexity index is 512. The molecule has 4 nitrogen and oxygen atoms in total. The van der Waals surface area contributed by atoms with Crippen molar-refractivity contribution in [2.24, 2.45) is 0 Å². The molecule has 0 aromatic heterocycles. The first-order chi connectivity index (χ1) is 10.8. The first-order valence-electron chi connectivity index (χ1n) is 8.36. The molecule has 1 aliphatic heterocycles. The van der Waals surface area contributed by atoms with Gasteiger partial charge in [-0.05, 0) is 36.5 Å². The monoisotopic (exact) mass is 300 g/mol. The van der Waals surface area contributed by atoms with Gasteiger partial charge in [0, 0.05) is 31.7 Å². The Hall–Kier alpha value is -1.84. The van der Waals surface area contributed by atoms with E-state index in [1.165, 1.54) is 37.7 Å². The zero-order chi connectivity index (χ0) is 15.4. The Morgan fingerprint density at radius 3 is 2.18 bits per heavy atom. The highest BCUT2D eigenvalue weighted by molar-refractivity contribution is 5.94.